The van der Waals surface area contributed by atoms with Gasteiger partial charge in [-0.05, 0) is 36.3 Å². The van der Waals surface area contributed by atoms with Crippen molar-refractivity contribution in [2.24, 2.45) is 5.92 Å². The van der Waals surface area contributed by atoms with E-state index in [0.29, 0.717) is 15.8 Å². The number of nitrogens with one attached hydrogen (secondary N) is 1. The largest absolute Gasteiger partial charge is 0.460 e. The molecule has 0 bridgehead atoms. The third-order valence-corrected chi connectivity index (χ3v) is 8.07. The Morgan fingerprint density at radius 1 is 1.11 bits per heavy atom. The highest BCUT2D eigenvalue weighted by atomic mass is 32.2. The number of sulfonamides is 1. The van der Waals surface area contributed by atoms with Crippen LogP contribution in [0.1, 0.15) is 24.7 Å². The predicted octanol–water partition coefficient (Wildman–Crippen LogP) is 5.57. The van der Waals surface area contributed by atoms with E-state index in [4.69, 9.17) is 4.42 Å². The lowest BCUT2D eigenvalue weighted by Gasteiger charge is -2.17. The maximum absolute atomic E-state index is 12.8. The van der Waals surface area contributed by atoms with Crippen LogP contribution in [0.2, 0.25) is 0 Å². The quantitative estimate of drug-likeness (QED) is 0.491. The van der Waals surface area contributed by atoms with Crippen LogP contribution in [0, 0.1) is 5.92 Å². The number of hydrogen-bond acceptors (Lipinski definition) is 4. The smallest absolute Gasteiger partial charge is 0.271 e. The molecule has 0 spiro atoms. The van der Waals surface area contributed by atoms with Gasteiger partial charge in [0.25, 0.3) is 10.0 Å². The summed E-state index contributed by atoms with van der Waals surface area (Å²) in [6.45, 7) is 2.25. The zero-order valence-electron chi connectivity index (χ0n) is 14.9. The number of hydrogen-bond donors (Lipinski definition) is 1. The van der Waals surface area contributed by atoms with Crippen LogP contribution in [-0.2, 0) is 22.9 Å². The van der Waals surface area contributed by atoms with Crippen molar-refractivity contribution in [3.8, 4) is 0 Å². The Balaban J connectivity index is 1.75. The van der Waals surface area contributed by atoms with Gasteiger partial charge < -0.3 is 4.42 Å². The van der Waals surface area contributed by atoms with E-state index in [1.54, 1.807) is 17.5 Å². The zero-order valence-corrected chi connectivity index (χ0v) is 16.5. The Hall–Kier alpha value is -2.31. The molecule has 5 rings (SSSR count). The lowest BCUT2D eigenvalue weighted by molar-refractivity contribution is 0.439. The van der Waals surface area contributed by atoms with Gasteiger partial charge in [0.2, 0.25) is 0 Å². The second-order valence-electron chi connectivity index (χ2n) is 7.24. The Morgan fingerprint density at radius 3 is 2.70 bits per heavy atom. The second kappa shape index (κ2) is 6.11. The first-order valence-electron chi connectivity index (χ1n) is 9.05. The SMILES string of the molecule is C[C@H]1CCc2oc3c(cc(NS(=O)(=O)c4cccs4)c4ccccc43)c2C1. The molecule has 2 aromatic carbocycles. The molecule has 1 atom stereocenters. The zero-order chi connectivity index (χ0) is 18.6. The molecular formula is C21H19NO3S2. The lowest BCUT2D eigenvalue weighted by Crippen LogP contribution is -2.12. The first-order chi connectivity index (χ1) is 13.0. The molecule has 0 saturated heterocycles. The third-order valence-electron chi connectivity index (χ3n) is 5.30. The predicted molar refractivity (Wildman–Crippen MR) is 110 cm³/mol. The van der Waals surface area contributed by atoms with Crippen molar-refractivity contribution in [2.45, 2.75) is 30.4 Å². The molecule has 27 heavy (non-hydrogen) atoms. The summed E-state index contributed by atoms with van der Waals surface area (Å²) in [4.78, 5) is 0. The van der Waals surface area contributed by atoms with Crippen molar-refractivity contribution in [1.82, 2.24) is 0 Å². The average molecular weight is 398 g/mol. The summed E-state index contributed by atoms with van der Waals surface area (Å²) < 4.78 is 34.9. The molecule has 1 aliphatic carbocycles. The van der Waals surface area contributed by atoms with Gasteiger partial charge in [0.05, 0.1) is 5.69 Å². The fraction of sp³-hybridized carbons (Fsp3) is 0.238. The van der Waals surface area contributed by atoms with Crippen molar-refractivity contribution < 1.29 is 12.8 Å². The van der Waals surface area contributed by atoms with Crippen LogP contribution in [0.5, 0.6) is 0 Å². The number of aryl methyl sites for hydroxylation is 1. The molecule has 138 valence electrons. The van der Waals surface area contributed by atoms with Crippen molar-refractivity contribution in [2.75, 3.05) is 4.72 Å². The van der Waals surface area contributed by atoms with Gasteiger partial charge in [0.15, 0.2) is 0 Å². The minimum atomic E-state index is -3.61. The van der Waals surface area contributed by atoms with E-state index >= 15 is 0 Å². The summed E-state index contributed by atoms with van der Waals surface area (Å²) in [6, 6.07) is 13.1. The second-order valence-corrected chi connectivity index (χ2v) is 10.1. The summed E-state index contributed by atoms with van der Waals surface area (Å²) in [7, 11) is -3.61. The molecule has 0 saturated carbocycles. The monoisotopic (exact) mass is 397 g/mol. The van der Waals surface area contributed by atoms with Crippen molar-refractivity contribution in [3.63, 3.8) is 0 Å². The van der Waals surface area contributed by atoms with E-state index < -0.39 is 10.0 Å². The van der Waals surface area contributed by atoms with E-state index in [0.717, 1.165) is 46.8 Å². The minimum absolute atomic E-state index is 0.314. The van der Waals surface area contributed by atoms with Crippen molar-refractivity contribution >= 4 is 48.8 Å². The Kier molecular flexibility index (Phi) is 3.81. The van der Waals surface area contributed by atoms with Gasteiger partial charge >= 0.3 is 0 Å². The maximum Gasteiger partial charge on any atom is 0.271 e. The van der Waals surface area contributed by atoms with Crippen LogP contribution < -0.4 is 4.72 Å². The average Bonchev–Trinajstić information content (AvgIpc) is 3.30. The number of benzene rings is 2. The molecular weight excluding hydrogens is 378 g/mol. The molecule has 0 aliphatic heterocycles. The molecule has 0 fully saturated rings. The summed E-state index contributed by atoms with van der Waals surface area (Å²) in [5.41, 5.74) is 2.70. The molecule has 4 nitrogen and oxygen atoms in total. The molecule has 2 heterocycles. The molecule has 1 aliphatic rings. The number of fused-ring (bicyclic) bond motifs is 5. The minimum Gasteiger partial charge on any atom is -0.460 e. The molecule has 4 aromatic rings. The fourth-order valence-corrected chi connectivity index (χ4v) is 6.03. The first-order valence-corrected chi connectivity index (χ1v) is 11.4. The highest BCUT2D eigenvalue weighted by Crippen LogP contribution is 2.40. The van der Waals surface area contributed by atoms with Crippen LogP contribution in [0.4, 0.5) is 5.69 Å². The molecule has 6 heteroatoms. The first kappa shape index (κ1) is 16.8. The molecule has 1 N–H and O–H groups in total. The lowest BCUT2D eigenvalue weighted by atomic mass is 9.87. The fourth-order valence-electron chi connectivity index (χ4n) is 3.97. The number of thiophene rings is 1. The standard InChI is InChI=1S/C21H19NO3S2/c1-13-8-9-19-16(11-13)17-12-18(22-27(23,24)20-7-4-10-26-20)14-5-2-3-6-15(14)21(17)25-19/h2-7,10,12-13,22H,8-9,11H2,1H3/t13-/m0/s1. The van der Waals surface area contributed by atoms with E-state index in [-0.39, 0.29) is 0 Å². The van der Waals surface area contributed by atoms with Crippen molar-refractivity contribution in [3.05, 3.63) is 59.2 Å². The van der Waals surface area contributed by atoms with E-state index in [1.807, 2.05) is 30.3 Å². The molecule has 2 aromatic heterocycles. The van der Waals surface area contributed by atoms with Gasteiger partial charge in [-0.3, -0.25) is 4.72 Å². The third kappa shape index (κ3) is 2.75. The summed E-state index contributed by atoms with van der Waals surface area (Å²) >= 11 is 1.21. The Morgan fingerprint density at radius 2 is 1.93 bits per heavy atom. The van der Waals surface area contributed by atoms with Gasteiger partial charge in [-0.1, -0.05) is 37.3 Å². The Bertz CT molecular complexity index is 1250. The van der Waals surface area contributed by atoms with Gasteiger partial charge in [-0.2, -0.15) is 0 Å². The van der Waals surface area contributed by atoms with E-state index in [1.165, 1.54) is 16.9 Å². The van der Waals surface area contributed by atoms with Gasteiger partial charge in [0.1, 0.15) is 15.6 Å². The molecule has 0 radical (unpaired) electrons. The van der Waals surface area contributed by atoms with Crippen LogP contribution in [0.25, 0.3) is 21.7 Å². The highest BCUT2D eigenvalue weighted by Gasteiger charge is 2.25. The number of rotatable bonds is 3. The number of furan rings is 1. The highest BCUT2D eigenvalue weighted by molar-refractivity contribution is 7.94. The van der Waals surface area contributed by atoms with Crippen molar-refractivity contribution in [1.29, 1.82) is 0 Å². The van der Waals surface area contributed by atoms with Crippen LogP contribution >= 0.6 is 11.3 Å². The summed E-state index contributed by atoms with van der Waals surface area (Å²) in [5, 5.41) is 4.59. The summed E-state index contributed by atoms with van der Waals surface area (Å²) in [6.07, 6.45) is 3.04. The van der Waals surface area contributed by atoms with Crippen LogP contribution in [0.15, 0.2) is 56.5 Å². The van der Waals surface area contributed by atoms with Gasteiger partial charge in [-0.15, -0.1) is 11.3 Å². The topological polar surface area (TPSA) is 59.3 Å². The van der Waals surface area contributed by atoms with Crippen LogP contribution in [0.3, 0.4) is 0 Å². The van der Waals surface area contributed by atoms with Gasteiger partial charge in [-0.25, -0.2) is 8.42 Å². The van der Waals surface area contributed by atoms with Crippen LogP contribution in [-0.4, -0.2) is 8.42 Å². The molecule has 0 amide bonds. The molecule has 0 unspecified atom stereocenters. The maximum atomic E-state index is 12.8. The number of anilines is 1. The van der Waals surface area contributed by atoms with E-state index in [9.17, 15) is 8.42 Å². The summed E-state index contributed by atoms with van der Waals surface area (Å²) in [5.74, 6) is 1.66. The van der Waals surface area contributed by atoms with Gasteiger partial charge in [0, 0.05) is 28.1 Å². The Labute approximate surface area is 161 Å². The van der Waals surface area contributed by atoms with E-state index in [2.05, 4.69) is 11.6 Å². The normalized spacial score (nSPS) is 17.3.